The lowest BCUT2D eigenvalue weighted by atomic mass is 10.2. The fourth-order valence-electron chi connectivity index (χ4n) is 2.21. The molecule has 1 aromatic carbocycles. The minimum Gasteiger partial charge on any atom is -0.493 e. The topological polar surface area (TPSA) is 130 Å². The molecular formula is C14H12N6O3. The number of benzene rings is 1. The van der Waals surface area contributed by atoms with Gasteiger partial charge in [0.15, 0.2) is 5.69 Å². The van der Waals surface area contributed by atoms with E-state index in [4.69, 9.17) is 0 Å². The Labute approximate surface area is 129 Å². The van der Waals surface area contributed by atoms with Crippen molar-refractivity contribution in [2.75, 3.05) is 0 Å². The average Bonchev–Trinajstić information content (AvgIpc) is 2.78. The van der Waals surface area contributed by atoms with E-state index in [-0.39, 0.29) is 23.2 Å². The highest BCUT2D eigenvalue weighted by Crippen LogP contribution is 2.37. The zero-order valence-electron chi connectivity index (χ0n) is 12.3. The molecule has 0 spiro atoms. The van der Waals surface area contributed by atoms with Crippen molar-refractivity contribution in [3.8, 4) is 5.88 Å². The Morgan fingerprint density at radius 1 is 1.17 bits per heavy atom. The maximum atomic E-state index is 10.9. The fraction of sp³-hybridized carbons (Fsp3) is 0.143. The molecule has 2 aromatic heterocycles. The van der Waals surface area contributed by atoms with Crippen LogP contribution in [-0.2, 0) is 0 Å². The van der Waals surface area contributed by atoms with Crippen molar-refractivity contribution in [3.05, 3.63) is 45.8 Å². The van der Waals surface area contributed by atoms with Gasteiger partial charge in [0.2, 0.25) is 5.88 Å². The third-order valence-electron chi connectivity index (χ3n) is 3.16. The number of aromatic nitrogens is 3. The van der Waals surface area contributed by atoms with Gasteiger partial charge in [0.25, 0.3) is 11.6 Å². The van der Waals surface area contributed by atoms with E-state index in [0.717, 1.165) is 11.4 Å². The zero-order valence-corrected chi connectivity index (χ0v) is 12.3. The molecule has 0 bridgehead atoms. The van der Waals surface area contributed by atoms with Gasteiger partial charge in [0, 0.05) is 28.9 Å². The number of hydrogen-bond donors (Lipinski definition) is 2. The monoisotopic (exact) mass is 312 g/mol. The number of nitrogens with zero attached hydrogens (tertiary/aromatic N) is 5. The Kier molecular flexibility index (Phi) is 3.45. The maximum absolute atomic E-state index is 10.9. The Morgan fingerprint density at radius 2 is 1.87 bits per heavy atom. The number of nitro groups is 1. The van der Waals surface area contributed by atoms with E-state index >= 15 is 0 Å². The van der Waals surface area contributed by atoms with Crippen molar-refractivity contribution in [1.29, 1.82) is 0 Å². The van der Waals surface area contributed by atoms with Crippen LogP contribution in [0.2, 0.25) is 0 Å². The van der Waals surface area contributed by atoms with Gasteiger partial charge in [-0.1, -0.05) is 0 Å². The summed E-state index contributed by atoms with van der Waals surface area (Å²) in [6.45, 7) is 3.61. The SMILES string of the molecule is Cc1cc(C)nc(N=Nc2c(O)[nH]c3ccc([N+](=O)[O-])cc23)n1. The van der Waals surface area contributed by atoms with Gasteiger partial charge < -0.3 is 10.1 Å². The molecule has 0 aliphatic heterocycles. The molecule has 0 atom stereocenters. The second-order valence-electron chi connectivity index (χ2n) is 4.96. The molecule has 0 unspecified atom stereocenters. The summed E-state index contributed by atoms with van der Waals surface area (Å²) in [4.78, 5) is 21.3. The van der Waals surface area contributed by atoms with Crippen LogP contribution in [0.25, 0.3) is 10.9 Å². The third-order valence-corrected chi connectivity index (χ3v) is 3.16. The molecule has 0 radical (unpaired) electrons. The molecule has 0 saturated heterocycles. The molecule has 0 aliphatic rings. The van der Waals surface area contributed by atoms with E-state index in [1.165, 1.54) is 18.2 Å². The highest BCUT2D eigenvalue weighted by molar-refractivity contribution is 5.95. The lowest BCUT2D eigenvalue weighted by molar-refractivity contribution is -0.384. The number of nitrogens with one attached hydrogen (secondary N) is 1. The van der Waals surface area contributed by atoms with Crippen LogP contribution >= 0.6 is 0 Å². The fourth-order valence-corrected chi connectivity index (χ4v) is 2.21. The lowest BCUT2D eigenvalue weighted by Crippen LogP contribution is -1.88. The first-order valence-electron chi connectivity index (χ1n) is 6.67. The quantitative estimate of drug-likeness (QED) is 0.433. The number of nitro benzene ring substituents is 1. The van der Waals surface area contributed by atoms with E-state index in [0.29, 0.717) is 10.9 Å². The molecular weight excluding hydrogens is 300 g/mol. The molecule has 0 fully saturated rings. The summed E-state index contributed by atoms with van der Waals surface area (Å²) in [5.41, 5.74) is 2.00. The number of aryl methyl sites for hydroxylation is 2. The van der Waals surface area contributed by atoms with E-state index < -0.39 is 4.92 Å². The van der Waals surface area contributed by atoms with E-state index in [9.17, 15) is 15.2 Å². The van der Waals surface area contributed by atoms with Crippen molar-refractivity contribution < 1.29 is 10.0 Å². The normalized spacial score (nSPS) is 11.4. The summed E-state index contributed by atoms with van der Waals surface area (Å²) < 4.78 is 0. The lowest BCUT2D eigenvalue weighted by Gasteiger charge is -1.97. The van der Waals surface area contributed by atoms with Crippen LogP contribution in [0.1, 0.15) is 11.4 Å². The standard InChI is InChI=1S/C14H12N6O3/c1-7-5-8(2)16-14(15-7)19-18-12-10-6-9(20(22)23)3-4-11(10)17-13(12)21/h3-6,17,21H,1-2H3. The first-order valence-corrected chi connectivity index (χ1v) is 6.67. The van der Waals surface area contributed by atoms with Crippen LogP contribution in [0.4, 0.5) is 17.3 Å². The Bertz CT molecular complexity index is 927. The second kappa shape index (κ2) is 5.44. The Balaban J connectivity index is 2.08. The molecule has 3 aromatic rings. The number of rotatable bonds is 3. The molecule has 2 N–H and O–H groups in total. The predicted octanol–water partition coefficient (Wildman–Crippen LogP) is 3.60. The number of aromatic amines is 1. The summed E-state index contributed by atoms with van der Waals surface area (Å²) in [5.74, 6) is -0.0738. The first-order chi connectivity index (χ1) is 10.9. The van der Waals surface area contributed by atoms with E-state index in [2.05, 4.69) is 25.2 Å². The summed E-state index contributed by atoms with van der Waals surface area (Å²) >= 11 is 0. The van der Waals surface area contributed by atoms with Gasteiger partial charge in [-0.15, -0.1) is 10.2 Å². The molecule has 0 saturated carbocycles. The van der Waals surface area contributed by atoms with E-state index in [1.54, 1.807) is 19.9 Å². The molecule has 9 nitrogen and oxygen atoms in total. The van der Waals surface area contributed by atoms with Crippen LogP contribution < -0.4 is 0 Å². The minimum absolute atomic E-state index is 0.101. The van der Waals surface area contributed by atoms with Crippen LogP contribution in [-0.4, -0.2) is 25.0 Å². The Morgan fingerprint density at radius 3 is 2.52 bits per heavy atom. The molecule has 2 heterocycles. The smallest absolute Gasteiger partial charge is 0.270 e. The van der Waals surface area contributed by atoms with Crippen LogP contribution in [0.5, 0.6) is 5.88 Å². The molecule has 0 aliphatic carbocycles. The van der Waals surface area contributed by atoms with Gasteiger partial charge in [-0.25, -0.2) is 9.97 Å². The van der Waals surface area contributed by atoms with Crippen molar-refractivity contribution in [1.82, 2.24) is 15.0 Å². The number of hydrogen-bond acceptors (Lipinski definition) is 7. The van der Waals surface area contributed by atoms with Crippen molar-refractivity contribution in [3.63, 3.8) is 0 Å². The highest BCUT2D eigenvalue weighted by atomic mass is 16.6. The van der Waals surface area contributed by atoms with Gasteiger partial charge in [0.1, 0.15) is 0 Å². The first kappa shape index (κ1) is 14.6. The predicted molar refractivity (Wildman–Crippen MR) is 82.3 cm³/mol. The number of aromatic hydroxyl groups is 1. The van der Waals surface area contributed by atoms with Gasteiger partial charge >= 0.3 is 0 Å². The number of H-pyrrole nitrogens is 1. The molecule has 0 amide bonds. The van der Waals surface area contributed by atoms with Crippen molar-refractivity contribution in [2.45, 2.75) is 13.8 Å². The van der Waals surface area contributed by atoms with Gasteiger partial charge in [-0.05, 0) is 26.0 Å². The van der Waals surface area contributed by atoms with Crippen molar-refractivity contribution in [2.24, 2.45) is 10.2 Å². The zero-order chi connectivity index (χ0) is 16.6. The maximum Gasteiger partial charge on any atom is 0.270 e. The minimum atomic E-state index is -0.516. The summed E-state index contributed by atoms with van der Waals surface area (Å²) in [7, 11) is 0. The molecule has 23 heavy (non-hydrogen) atoms. The summed E-state index contributed by atoms with van der Waals surface area (Å²) in [5, 5.41) is 29.1. The van der Waals surface area contributed by atoms with Crippen LogP contribution in [0.15, 0.2) is 34.5 Å². The molecule has 116 valence electrons. The van der Waals surface area contributed by atoms with Crippen LogP contribution in [0, 0.1) is 24.0 Å². The molecule has 3 rings (SSSR count). The van der Waals surface area contributed by atoms with Crippen LogP contribution in [0.3, 0.4) is 0 Å². The van der Waals surface area contributed by atoms with Gasteiger partial charge in [-0.2, -0.15) is 0 Å². The number of fused-ring (bicyclic) bond motifs is 1. The highest BCUT2D eigenvalue weighted by Gasteiger charge is 2.15. The average molecular weight is 312 g/mol. The van der Waals surface area contributed by atoms with Gasteiger partial charge in [0.05, 0.1) is 10.4 Å². The summed E-state index contributed by atoms with van der Waals surface area (Å²) in [6.07, 6.45) is 0. The third kappa shape index (κ3) is 2.84. The summed E-state index contributed by atoms with van der Waals surface area (Å²) in [6, 6.07) is 5.96. The van der Waals surface area contributed by atoms with Gasteiger partial charge in [-0.3, -0.25) is 10.1 Å². The Hall–Kier alpha value is -3.36. The number of non-ortho nitro benzene ring substituents is 1. The number of azo groups is 1. The van der Waals surface area contributed by atoms with E-state index in [1.807, 2.05) is 0 Å². The second-order valence-corrected chi connectivity index (χ2v) is 4.96. The van der Waals surface area contributed by atoms with Crippen molar-refractivity contribution >= 4 is 28.2 Å². The molecule has 9 heteroatoms. The largest absolute Gasteiger partial charge is 0.493 e.